The molecule has 0 saturated carbocycles. The van der Waals surface area contributed by atoms with Gasteiger partial charge in [0, 0.05) is 14.1 Å². The second-order valence-electron chi connectivity index (χ2n) is 3.83. The highest BCUT2D eigenvalue weighted by molar-refractivity contribution is 5.92. The minimum absolute atomic E-state index is 0.0222. The van der Waals surface area contributed by atoms with Gasteiger partial charge in [0.15, 0.2) is 6.10 Å². The molecule has 1 aromatic rings. The summed E-state index contributed by atoms with van der Waals surface area (Å²) in [5, 5.41) is 9.21. The number of phenolic OH excluding ortho intramolecular Hbond substituents is 1. The molecule has 17 heavy (non-hydrogen) atoms. The monoisotopic (exact) mass is 237 g/mol. The van der Waals surface area contributed by atoms with Crippen molar-refractivity contribution in [3.63, 3.8) is 0 Å². The van der Waals surface area contributed by atoms with E-state index in [0.29, 0.717) is 0 Å². The number of hydrogen-bond donors (Lipinski definition) is 1. The number of benzene rings is 1. The summed E-state index contributed by atoms with van der Waals surface area (Å²) < 4.78 is 4.97. The largest absolute Gasteiger partial charge is 0.508 e. The molecule has 0 aliphatic heterocycles. The van der Waals surface area contributed by atoms with Crippen LogP contribution in [0.4, 0.5) is 0 Å². The molecule has 0 fully saturated rings. The van der Waals surface area contributed by atoms with Crippen LogP contribution in [-0.4, -0.2) is 42.1 Å². The van der Waals surface area contributed by atoms with Crippen LogP contribution >= 0.6 is 0 Å². The van der Waals surface area contributed by atoms with E-state index in [1.807, 2.05) is 0 Å². The van der Waals surface area contributed by atoms with Gasteiger partial charge in [-0.05, 0) is 25.1 Å². The fraction of sp³-hybridized carbons (Fsp3) is 0.333. The van der Waals surface area contributed by atoms with Gasteiger partial charge in [-0.15, -0.1) is 0 Å². The van der Waals surface area contributed by atoms with Gasteiger partial charge in [-0.1, -0.05) is 6.07 Å². The number of ether oxygens (including phenoxy) is 1. The van der Waals surface area contributed by atoms with Crippen LogP contribution in [0.25, 0.3) is 0 Å². The number of phenols is 1. The molecule has 1 aromatic carbocycles. The number of aromatic hydroxyl groups is 1. The smallest absolute Gasteiger partial charge is 0.339 e. The van der Waals surface area contributed by atoms with Crippen LogP contribution in [0, 0.1) is 0 Å². The van der Waals surface area contributed by atoms with Crippen LogP contribution in [-0.2, 0) is 9.53 Å². The second kappa shape index (κ2) is 5.34. The molecule has 5 nitrogen and oxygen atoms in total. The molecule has 0 aliphatic rings. The van der Waals surface area contributed by atoms with Crippen molar-refractivity contribution in [3.8, 4) is 5.75 Å². The summed E-state index contributed by atoms with van der Waals surface area (Å²) in [5.41, 5.74) is 0.211. The first kappa shape index (κ1) is 13.0. The Morgan fingerprint density at radius 3 is 2.53 bits per heavy atom. The Hall–Kier alpha value is -2.04. The highest BCUT2D eigenvalue weighted by Gasteiger charge is 2.20. The molecule has 1 rings (SSSR count). The van der Waals surface area contributed by atoms with Crippen LogP contribution in [0.5, 0.6) is 5.75 Å². The predicted octanol–water partition coefficient (Wildman–Crippen LogP) is 1.03. The van der Waals surface area contributed by atoms with E-state index in [0.717, 1.165) is 0 Å². The van der Waals surface area contributed by atoms with Crippen molar-refractivity contribution in [1.29, 1.82) is 0 Å². The Morgan fingerprint density at radius 1 is 1.35 bits per heavy atom. The summed E-state index contributed by atoms with van der Waals surface area (Å²) in [5.74, 6) is -0.951. The zero-order valence-corrected chi connectivity index (χ0v) is 10.0. The van der Waals surface area contributed by atoms with Crippen molar-refractivity contribution in [1.82, 2.24) is 4.90 Å². The molecular weight excluding hydrogens is 222 g/mol. The van der Waals surface area contributed by atoms with E-state index in [2.05, 4.69) is 0 Å². The summed E-state index contributed by atoms with van der Waals surface area (Å²) in [7, 11) is 3.17. The SMILES string of the molecule is C[C@H](OC(=O)c1cccc(O)c1)C(=O)N(C)C. The third-order valence-corrected chi connectivity index (χ3v) is 2.15. The molecule has 1 atom stereocenters. The van der Waals surface area contributed by atoms with Gasteiger partial charge >= 0.3 is 5.97 Å². The predicted molar refractivity (Wildman–Crippen MR) is 61.7 cm³/mol. The summed E-state index contributed by atoms with van der Waals surface area (Å²) in [6.45, 7) is 1.50. The van der Waals surface area contributed by atoms with Gasteiger partial charge in [0.2, 0.25) is 0 Å². The molecule has 0 bridgehead atoms. The summed E-state index contributed by atoms with van der Waals surface area (Å²) in [6, 6.07) is 5.78. The van der Waals surface area contributed by atoms with E-state index in [4.69, 9.17) is 4.74 Å². The molecular formula is C12H15NO4. The standard InChI is InChI=1S/C12H15NO4/c1-8(11(15)13(2)3)17-12(16)9-5-4-6-10(14)7-9/h4-8,14H,1-3H3/t8-/m0/s1. The quantitative estimate of drug-likeness (QED) is 0.797. The van der Waals surface area contributed by atoms with Crippen molar-refractivity contribution in [2.24, 2.45) is 0 Å². The van der Waals surface area contributed by atoms with E-state index < -0.39 is 12.1 Å². The molecule has 1 N–H and O–H groups in total. The summed E-state index contributed by atoms with van der Waals surface area (Å²) in [4.78, 5) is 24.5. The Kier molecular flexibility index (Phi) is 4.09. The third-order valence-electron chi connectivity index (χ3n) is 2.15. The summed E-state index contributed by atoms with van der Waals surface area (Å²) in [6.07, 6.45) is -0.847. The maximum absolute atomic E-state index is 11.6. The van der Waals surface area contributed by atoms with Gasteiger partial charge in [-0.3, -0.25) is 4.79 Å². The van der Waals surface area contributed by atoms with E-state index in [9.17, 15) is 14.7 Å². The molecule has 0 radical (unpaired) electrons. The van der Waals surface area contributed by atoms with Gasteiger partial charge in [-0.25, -0.2) is 4.79 Å². The first-order valence-corrected chi connectivity index (χ1v) is 5.13. The van der Waals surface area contributed by atoms with Crippen molar-refractivity contribution < 1.29 is 19.4 Å². The number of carbonyl (C=O) groups excluding carboxylic acids is 2. The zero-order chi connectivity index (χ0) is 13.0. The van der Waals surface area contributed by atoms with E-state index >= 15 is 0 Å². The maximum Gasteiger partial charge on any atom is 0.339 e. The Morgan fingerprint density at radius 2 is 2.00 bits per heavy atom. The number of carbonyl (C=O) groups is 2. The van der Waals surface area contributed by atoms with Gasteiger partial charge in [-0.2, -0.15) is 0 Å². The van der Waals surface area contributed by atoms with Crippen LogP contribution in [0.15, 0.2) is 24.3 Å². The highest BCUT2D eigenvalue weighted by atomic mass is 16.5. The zero-order valence-electron chi connectivity index (χ0n) is 10.0. The van der Waals surface area contributed by atoms with Gasteiger partial charge in [0.1, 0.15) is 5.75 Å². The van der Waals surface area contributed by atoms with E-state index in [-0.39, 0.29) is 17.2 Å². The fourth-order valence-corrected chi connectivity index (χ4v) is 1.28. The van der Waals surface area contributed by atoms with Crippen LogP contribution < -0.4 is 0 Å². The minimum atomic E-state index is -0.847. The Bertz CT molecular complexity index is 428. The lowest BCUT2D eigenvalue weighted by Gasteiger charge is -2.17. The highest BCUT2D eigenvalue weighted by Crippen LogP contribution is 2.12. The molecule has 0 saturated heterocycles. The van der Waals surface area contributed by atoms with Crippen molar-refractivity contribution in [2.45, 2.75) is 13.0 Å². The van der Waals surface area contributed by atoms with Crippen molar-refractivity contribution >= 4 is 11.9 Å². The Balaban J connectivity index is 2.70. The van der Waals surface area contributed by atoms with Crippen LogP contribution in [0.1, 0.15) is 17.3 Å². The molecule has 0 aromatic heterocycles. The van der Waals surface area contributed by atoms with Crippen molar-refractivity contribution in [3.05, 3.63) is 29.8 Å². The maximum atomic E-state index is 11.6. The average Bonchev–Trinajstić information content (AvgIpc) is 2.27. The molecule has 0 unspecified atom stereocenters. The number of rotatable bonds is 3. The number of likely N-dealkylation sites (N-methyl/N-ethyl adjacent to an activating group) is 1. The lowest BCUT2D eigenvalue weighted by molar-refractivity contribution is -0.137. The molecule has 0 spiro atoms. The second-order valence-corrected chi connectivity index (χ2v) is 3.83. The lowest BCUT2D eigenvalue weighted by atomic mass is 10.2. The fourth-order valence-electron chi connectivity index (χ4n) is 1.28. The average molecular weight is 237 g/mol. The molecule has 1 amide bonds. The number of esters is 1. The van der Waals surface area contributed by atoms with Crippen LogP contribution in [0.3, 0.4) is 0 Å². The molecule has 92 valence electrons. The lowest BCUT2D eigenvalue weighted by Crippen LogP contribution is -2.34. The van der Waals surface area contributed by atoms with Gasteiger partial charge in [0.05, 0.1) is 5.56 Å². The number of hydrogen-bond acceptors (Lipinski definition) is 4. The van der Waals surface area contributed by atoms with Gasteiger partial charge in [0.25, 0.3) is 5.91 Å². The van der Waals surface area contributed by atoms with Gasteiger partial charge < -0.3 is 14.7 Å². The summed E-state index contributed by atoms with van der Waals surface area (Å²) >= 11 is 0. The van der Waals surface area contributed by atoms with Crippen LogP contribution in [0.2, 0.25) is 0 Å². The first-order chi connectivity index (χ1) is 7.91. The first-order valence-electron chi connectivity index (χ1n) is 5.13. The molecule has 0 heterocycles. The van der Waals surface area contributed by atoms with Crippen molar-refractivity contribution in [2.75, 3.05) is 14.1 Å². The number of nitrogens with zero attached hydrogens (tertiary/aromatic N) is 1. The molecule has 5 heteroatoms. The third kappa shape index (κ3) is 3.48. The van der Waals surface area contributed by atoms with E-state index in [1.54, 1.807) is 14.1 Å². The minimum Gasteiger partial charge on any atom is -0.508 e. The topological polar surface area (TPSA) is 66.8 Å². The van der Waals surface area contributed by atoms with E-state index in [1.165, 1.54) is 36.1 Å². The molecule has 0 aliphatic carbocycles. The normalized spacial score (nSPS) is 11.7. The number of amides is 1. The Labute approximate surface area is 99.6 Å².